The Morgan fingerprint density at radius 2 is 2.00 bits per heavy atom. The highest BCUT2D eigenvalue weighted by Crippen LogP contribution is 2.18. The number of hydrogen-bond acceptors (Lipinski definition) is 5. The van der Waals surface area contributed by atoms with Gasteiger partial charge < -0.3 is 4.42 Å². The molecular formula is C14H12N4O4. The van der Waals surface area contributed by atoms with Crippen LogP contribution in [0.2, 0.25) is 0 Å². The van der Waals surface area contributed by atoms with Crippen molar-refractivity contribution >= 4 is 17.9 Å². The van der Waals surface area contributed by atoms with Crippen LogP contribution in [-0.2, 0) is 4.79 Å². The van der Waals surface area contributed by atoms with Crippen LogP contribution in [0.3, 0.4) is 0 Å². The summed E-state index contributed by atoms with van der Waals surface area (Å²) in [6.07, 6.45) is 1.15. The lowest BCUT2D eigenvalue weighted by Crippen LogP contribution is -2.25. The van der Waals surface area contributed by atoms with Crippen molar-refractivity contribution in [2.75, 3.05) is 5.43 Å². The Kier molecular flexibility index (Phi) is 4.08. The largest absolute Gasteiger partial charge is 0.433 e. The number of nitrogens with one attached hydrogen (secondary N) is 1. The highest BCUT2D eigenvalue weighted by Gasteiger charge is 2.15. The molecule has 2 heterocycles. The molecule has 1 amide bonds. The van der Waals surface area contributed by atoms with Gasteiger partial charge >= 0.3 is 5.88 Å². The fourth-order valence-corrected chi connectivity index (χ4v) is 1.82. The lowest BCUT2D eigenvalue weighted by atomic mass is 10.2. The average Bonchev–Trinajstić information content (AvgIpc) is 3.06. The zero-order valence-electron chi connectivity index (χ0n) is 11.9. The number of aromatic nitrogens is 1. The highest BCUT2D eigenvalue weighted by molar-refractivity contribution is 6.06. The van der Waals surface area contributed by atoms with Crippen molar-refractivity contribution in [3.8, 4) is 6.07 Å². The first-order valence-corrected chi connectivity index (χ1v) is 6.24. The first-order valence-electron chi connectivity index (χ1n) is 6.24. The van der Waals surface area contributed by atoms with Gasteiger partial charge in [-0.1, -0.05) is 0 Å². The van der Waals surface area contributed by atoms with Gasteiger partial charge in [0.15, 0.2) is 0 Å². The van der Waals surface area contributed by atoms with E-state index < -0.39 is 16.7 Å². The van der Waals surface area contributed by atoms with Crippen LogP contribution in [0.25, 0.3) is 6.08 Å². The molecule has 2 rings (SSSR count). The summed E-state index contributed by atoms with van der Waals surface area (Å²) < 4.78 is 6.44. The number of nitriles is 1. The predicted molar refractivity (Wildman–Crippen MR) is 77.2 cm³/mol. The zero-order valence-corrected chi connectivity index (χ0v) is 11.9. The van der Waals surface area contributed by atoms with E-state index in [0.29, 0.717) is 0 Å². The van der Waals surface area contributed by atoms with Crippen LogP contribution in [0, 0.1) is 35.3 Å². The van der Waals surface area contributed by atoms with Crippen molar-refractivity contribution in [1.82, 2.24) is 4.68 Å². The lowest BCUT2D eigenvalue weighted by Gasteiger charge is -2.10. The molecule has 0 aliphatic rings. The van der Waals surface area contributed by atoms with Crippen molar-refractivity contribution in [3.05, 3.63) is 57.1 Å². The Morgan fingerprint density at radius 3 is 2.50 bits per heavy atom. The molecule has 0 fully saturated rings. The van der Waals surface area contributed by atoms with E-state index in [1.165, 1.54) is 10.7 Å². The third-order valence-corrected chi connectivity index (χ3v) is 2.93. The number of nitro groups is 1. The van der Waals surface area contributed by atoms with Gasteiger partial charge in [0.25, 0.3) is 5.91 Å². The Bertz CT molecular complexity index is 788. The molecule has 0 atom stereocenters. The summed E-state index contributed by atoms with van der Waals surface area (Å²) >= 11 is 0. The molecule has 8 nitrogen and oxygen atoms in total. The van der Waals surface area contributed by atoms with Gasteiger partial charge in [0.2, 0.25) is 0 Å². The summed E-state index contributed by atoms with van der Waals surface area (Å²) in [5, 5.41) is 19.6. The SMILES string of the molecule is Cc1ccc(C)n1NC(=O)/C(C#N)=C\c1ccc([N+](=O)[O-])o1. The molecule has 8 heteroatoms. The smallest absolute Gasteiger partial charge is 0.401 e. The van der Waals surface area contributed by atoms with E-state index in [1.54, 1.807) is 19.9 Å². The van der Waals surface area contributed by atoms with Crippen molar-refractivity contribution < 1.29 is 14.1 Å². The minimum Gasteiger partial charge on any atom is -0.401 e. The Hall–Kier alpha value is -3.34. The third-order valence-electron chi connectivity index (χ3n) is 2.93. The number of aryl methyl sites for hydroxylation is 2. The quantitative estimate of drug-likeness (QED) is 0.402. The minimum atomic E-state index is -0.698. The summed E-state index contributed by atoms with van der Waals surface area (Å²) in [6, 6.07) is 7.85. The second-order valence-corrected chi connectivity index (χ2v) is 4.50. The summed E-state index contributed by atoms with van der Waals surface area (Å²) in [7, 11) is 0. The van der Waals surface area contributed by atoms with Crippen LogP contribution in [0.1, 0.15) is 17.1 Å². The van der Waals surface area contributed by atoms with Gasteiger partial charge in [-0.3, -0.25) is 25.0 Å². The Morgan fingerprint density at radius 1 is 1.36 bits per heavy atom. The molecule has 0 radical (unpaired) electrons. The monoisotopic (exact) mass is 300 g/mol. The summed E-state index contributed by atoms with van der Waals surface area (Å²) in [5.74, 6) is -1.04. The van der Waals surface area contributed by atoms with E-state index in [1.807, 2.05) is 12.1 Å². The maximum Gasteiger partial charge on any atom is 0.433 e. The normalized spacial score (nSPS) is 11.0. The average molecular weight is 300 g/mol. The lowest BCUT2D eigenvalue weighted by molar-refractivity contribution is -0.402. The number of carbonyl (C=O) groups excluding carboxylic acids is 1. The molecule has 0 saturated carbocycles. The zero-order chi connectivity index (χ0) is 16.3. The molecule has 2 aromatic rings. The van der Waals surface area contributed by atoms with Crippen LogP contribution >= 0.6 is 0 Å². The fraction of sp³-hybridized carbons (Fsp3) is 0.143. The Balaban J connectivity index is 2.23. The van der Waals surface area contributed by atoms with Gasteiger partial charge in [0.05, 0.1) is 6.07 Å². The van der Waals surface area contributed by atoms with E-state index in [2.05, 4.69) is 5.43 Å². The third kappa shape index (κ3) is 3.04. The van der Waals surface area contributed by atoms with Crippen molar-refractivity contribution in [2.24, 2.45) is 0 Å². The maximum atomic E-state index is 12.1. The van der Waals surface area contributed by atoms with Crippen LogP contribution in [0.15, 0.2) is 34.3 Å². The first kappa shape index (κ1) is 15.1. The number of carbonyl (C=O) groups is 1. The molecule has 0 saturated heterocycles. The number of hydrogen-bond donors (Lipinski definition) is 1. The van der Waals surface area contributed by atoms with Crippen LogP contribution in [-0.4, -0.2) is 15.5 Å². The number of nitrogens with zero attached hydrogens (tertiary/aromatic N) is 3. The summed E-state index contributed by atoms with van der Waals surface area (Å²) in [6.45, 7) is 3.61. The molecule has 1 N–H and O–H groups in total. The van der Waals surface area contributed by atoms with Gasteiger partial charge in [0.1, 0.15) is 22.3 Å². The molecule has 0 aromatic carbocycles. The van der Waals surface area contributed by atoms with Crippen molar-refractivity contribution in [2.45, 2.75) is 13.8 Å². The topological polar surface area (TPSA) is 114 Å². The molecular weight excluding hydrogens is 288 g/mol. The molecule has 0 aliphatic carbocycles. The molecule has 0 bridgehead atoms. The van der Waals surface area contributed by atoms with E-state index >= 15 is 0 Å². The summed E-state index contributed by atoms with van der Waals surface area (Å²) in [5.41, 5.74) is 3.95. The predicted octanol–water partition coefficient (Wildman–Crippen LogP) is 2.28. The van der Waals surface area contributed by atoms with E-state index in [9.17, 15) is 14.9 Å². The van der Waals surface area contributed by atoms with Gasteiger partial charge in [-0.25, -0.2) is 0 Å². The van der Waals surface area contributed by atoms with Crippen LogP contribution in [0.4, 0.5) is 5.88 Å². The second kappa shape index (κ2) is 5.97. The standard InChI is InChI=1S/C14H12N4O4/c1-9-3-4-10(2)17(9)16-14(19)11(8-15)7-12-5-6-13(22-12)18(20)21/h3-7H,1-2H3,(H,16,19)/b11-7-. The fourth-order valence-electron chi connectivity index (χ4n) is 1.82. The van der Waals surface area contributed by atoms with Gasteiger partial charge in [0, 0.05) is 17.5 Å². The van der Waals surface area contributed by atoms with Crippen molar-refractivity contribution in [1.29, 1.82) is 5.26 Å². The molecule has 0 unspecified atom stereocenters. The van der Waals surface area contributed by atoms with E-state index in [0.717, 1.165) is 23.5 Å². The van der Waals surface area contributed by atoms with Gasteiger partial charge in [-0.15, -0.1) is 0 Å². The first-order chi connectivity index (χ1) is 10.4. The second-order valence-electron chi connectivity index (χ2n) is 4.50. The minimum absolute atomic E-state index is 0.0550. The maximum absolute atomic E-state index is 12.1. The molecule has 0 spiro atoms. The molecule has 22 heavy (non-hydrogen) atoms. The van der Waals surface area contributed by atoms with E-state index in [4.69, 9.17) is 9.68 Å². The summed E-state index contributed by atoms with van der Waals surface area (Å²) in [4.78, 5) is 21.9. The van der Waals surface area contributed by atoms with Crippen LogP contribution < -0.4 is 5.43 Å². The molecule has 112 valence electrons. The number of amides is 1. The van der Waals surface area contributed by atoms with Crippen LogP contribution in [0.5, 0.6) is 0 Å². The van der Waals surface area contributed by atoms with Gasteiger partial charge in [-0.2, -0.15) is 5.26 Å². The molecule has 2 aromatic heterocycles. The highest BCUT2D eigenvalue weighted by atomic mass is 16.6. The number of rotatable bonds is 4. The van der Waals surface area contributed by atoms with E-state index in [-0.39, 0.29) is 11.3 Å². The number of furan rings is 1. The van der Waals surface area contributed by atoms with Gasteiger partial charge in [-0.05, 0) is 32.0 Å². The van der Waals surface area contributed by atoms with Crippen molar-refractivity contribution in [3.63, 3.8) is 0 Å². The molecule has 0 aliphatic heterocycles. The Labute approximate surface area is 125 Å².